The Balaban J connectivity index is 2.08. The Hall–Kier alpha value is -2.60. The van der Waals surface area contributed by atoms with Gasteiger partial charge >= 0.3 is 12.0 Å². The molecule has 0 aliphatic carbocycles. The molecule has 0 bridgehead atoms. The number of benzene rings is 2. The highest BCUT2D eigenvalue weighted by Gasteiger charge is 2.08. The maximum Gasteiger partial charge on any atom is 0.335 e. The lowest BCUT2D eigenvalue weighted by molar-refractivity contribution is 0.0697. The quantitative estimate of drug-likeness (QED) is 0.806. The smallest absolute Gasteiger partial charge is 0.335 e. The van der Waals surface area contributed by atoms with Gasteiger partial charge in [0.25, 0.3) is 0 Å². The molecule has 0 radical (unpaired) electrons. The number of aromatic carboxylic acids is 1. The average molecular weight is 309 g/mol. The van der Waals surface area contributed by atoms with Gasteiger partial charge < -0.3 is 15.7 Å². The van der Waals surface area contributed by atoms with Crippen LogP contribution in [0.3, 0.4) is 0 Å². The number of urea groups is 1. The second-order valence-corrected chi connectivity index (χ2v) is 4.50. The first kappa shape index (κ1) is 14.8. The number of carbonyl (C=O) groups excluding carboxylic acids is 1. The molecule has 0 aromatic heterocycles. The largest absolute Gasteiger partial charge is 0.478 e. The summed E-state index contributed by atoms with van der Waals surface area (Å²) in [6.45, 7) is 0. The van der Waals surface area contributed by atoms with Crippen LogP contribution >= 0.6 is 11.6 Å². The Morgan fingerprint density at radius 2 is 1.86 bits per heavy atom. The van der Waals surface area contributed by atoms with E-state index in [1.165, 1.54) is 30.3 Å². The molecule has 3 N–H and O–H groups in total. The molecule has 2 aromatic rings. The van der Waals surface area contributed by atoms with Gasteiger partial charge in [0, 0.05) is 5.69 Å². The summed E-state index contributed by atoms with van der Waals surface area (Å²) in [7, 11) is 0. The predicted molar refractivity (Wildman–Crippen MR) is 77.5 cm³/mol. The Morgan fingerprint density at radius 3 is 2.52 bits per heavy atom. The second-order valence-electron chi connectivity index (χ2n) is 4.09. The first-order chi connectivity index (χ1) is 9.95. The fourth-order valence-corrected chi connectivity index (χ4v) is 1.82. The Labute approximate surface area is 124 Å². The van der Waals surface area contributed by atoms with E-state index in [-0.39, 0.29) is 16.3 Å². The van der Waals surface area contributed by atoms with Crippen LogP contribution in [0.25, 0.3) is 0 Å². The number of nitrogens with one attached hydrogen (secondary N) is 2. The number of halogens is 2. The summed E-state index contributed by atoms with van der Waals surface area (Å²) in [5.41, 5.74) is 0.600. The normalized spacial score (nSPS) is 10.0. The molecule has 5 nitrogen and oxygen atoms in total. The van der Waals surface area contributed by atoms with Crippen molar-refractivity contribution in [1.29, 1.82) is 0 Å². The fraction of sp³-hybridized carbons (Fsp3) is 0. The minimum Gasteiger partial charge on any atom is -0.478 e. The molecular weight excluding hydrogens is 299 g/mol. The first-order valence-electron chi connectivity index (χ1n) is 5.82. The zero-order chi connectivity index (χ0) is 15.4. The van der Waals surface area contributed by atoms with Crippen molar-refractivity contribution in [2.24, 2.45) is 0 Å². The van der Waals surface area contributed by atoms with Gasteiger partial charge in [-0.1, -0.05) is 17.7 Å². The van der Waals surface area contributed by atoms with Crippen molar-refractivity contribution in [3.8, 4) is 0 Å². The van der Waals surface area contributed by atoms with Crippen LogP contribution in [-0.4, -0.2) is 17.1 Å². The molecule has 0 aliphatic rings. The number of anilines is 2. The highest BCUT2D eigenvalue weighted by atomic mass is 35.5. The molecule has 0 saturated heterocycles. The standard InChI is InChI=1S/C14H10ClFN2O3/c15-11-7-9(16)4-5-12(11)18-14(21)17-10-3-1-2-8(6-10)13(19)20/h1-7H,(H,19,20)(H2,17,18,21). The fourth-order valence-electron chi connectivity index (χ4n) is 1.61. The number of hydrogen-bond acceptors (Lipinski definition) is 2. The highest BCUT2D eigenvalue weighted by Crippen LogP contribution is 2.22. The molecule has 2 aromatic carbocycles. The number of carboxylic acid groups (broad SMARTS) is 1. The van der Waals surface area contributed by atoms with E-state index in [4.69, 9.17) is 16.7 Å². The maximum atomic E-state index is 12.9. The van der Waals surface area contributed by atoms with Gasteiger partial charge in [-0.3, -0.25) is 0 Å². The molecule has 0 aliphatic heterocycles. The van der Waals surface area contributed by atoms with E-state index in [1.54, 1.807) is 0 Å². The molecule has 2 rings (SSSR count). The zero-order valence-electron chi connectivity index (χ0n) is 10.6. The van der Waals surface area contributed by atoms with Crippen LogP contribution in [-0.2, 0) is 0 Å². The molecule has 0 saturated carbocycles. The minimum atomic E-state index is -1.10. The topological polar surface area (TPSA) is 78.4 Å². The van der Waals surface area contributed by atoms with Gasteiger partial charge in [0.15, 0.2) is 0 Å². The summed E-state index contributed by atoms with van der Waals surface area (Å²) in [6.07, 6.45) is 0. The van der Waals surface area contributed by atoms with Crippen LogP contribution in [0.5, 0.6) is 0 Å². The number of amides is 2. The van der Waals surface area contributed by atoms with E-state index in [0.717, 1.165) is 12.1 Å². The lowest BCUT2D eigenvalue weighted by atomic mass is 10.2. The first-order valence-corrected chi connectivity index (χ1v) is 6.20. The van der Waals surface area contributed by atoms with Crippen LogP contribution < -0.4 is 10.6 Å². The molecule has 0 fully saturated rings. The second kappa shape index (κ2) is 6.23. The lowest BCUT2D eigenvalue weighted by Crippen LogP contribution is -2.19. The van der Waals surface area contributed by atoms with E-state index in [2.05, 4.69) is 10.6 Å². The van der Waals surface area contributed by atoms with Gasteiger partial charge in [0.2, 0.25) is 0 Å². The third-order valence-electron chi connectivity index (χ3n) is 2.55. The van der Waals surface area contributed by atoms with Gasteiger partial charge in [0.05, 0.1) is 16.3 Å². The van der Waals surface area contributed by atoms with Crippen molar-refractivity contribution in [2.45, 2.75) is 0 Å². The number of carboxylic acids is 1. The predicted octanol–water partition coefficient (Wildman–Crippen LogP) is 3.82. The molecule has 0 heterocycles. The van der Waals surface area contributed by atoms with E-state index in [0.29, 0.717) is 5.69 Å². The SMILES string of the molecule is O=C(Nc1cccc(C(=O)O)c1)Nc1ccc(F)cc1Cl. The van der Waals surface area contributed by atoms with Gasteiger partial charge in [-0.15, -0.1) is 0 Å². The van der Waals surface area contributed by atoms with E-state index < -0.39 is 17.8 Å². The van der Waals surface area contributed by atoms with E-state index in [1.807, 2.05) is 0 Å². The summed E-state index contributed by atoms with van der Waals surface area (Å²) in [6, 6.07) is 8.70. The molecule has 0 unspecified atom stereocenters. The monoisotopic (exact) mass is 308 g/mol. The van der Waals surface area contributed by atoms with Gasteiger partial charge in [-0.25, -0.2) is 14.0 Å². The van der Waals surface area contributed by atoms with Crippen LogP contribution in [0.1, 0.15) is 10.4 Å². The molecular formula is C14H10ClFN2O3. The number of hydrogen-bond donors (Lipinski definition) is 3. The Morgan fingerprint density at radius 1 is 1.10 bits per heavy atom. The molecule has 2 amide bonds. The van der Waals surface area contributed by atoms with Crippen molar-refractivity contribution in [1.82, 2.24) is 0 Å². The third kappa shape index (κ3) is 3.93. The van der Waals surface area contributed by atoms with E-state index >= 15 is 0 Å². The summed E-state index contributed by atoms with van der Waals surface area (Å²) in [4.78, 5) is 22.6. The molecule has 21 heavy (non-hydrogen) atoms. The molecule has 0 spiro atoms. The van der Waals surface area contributed by atoms with Crippen LogP contribution in [0.2, 0.25) is 5.02 Å². The minimum absolute atomic E-state index is 0.0487. The molecule has 108 valence electrons. The van der Waals surface area contributed by atoms with Crippen LogP contribution in [0.4, 0.5) is 20.6 Å². The molecule has 7 heteroatoms. The van der Waals surface area contributed by atoms with Crippen molar-refractivity contribution in [3.63, 3.8) is 0 Å². The van der Waals surface area contributed by atoms with Gasteiger partial charge in [0.1, 0.15) is 5.82 Å². The average Bonchev–Trinajstić information content (AvgIpc) is 2.42. The Kier molecular flexibility index (Phi) is 4.39. The number of rotatable bonds is 3. The summed E-state index contributed by atoms with van der Waals surface area (Å²) < 4.78 is 12.9. The maximum absolute atomic E-state index is 12.9. The van der Waals surface area contributed by atoms with E-state index in [9.17, 15) is 14.0 Å². The summed E-state index contributed by atoms with van der Waals surface area (Å²) in [5.74, 6) is -1.61. The van der Waals surface area contributed by atoms with Crippen molar-refractivity contribution < 1.29 is 19.1 Å². The third-order valence-corrected chi connectivity index (χ3v) is 2.86. The summed E-state index contributed by atoms with van der Waals surface area (Å²) >= 11 is 5.78. The van der Waals surface area contributed by atoms with Crippen molar-refractivity contribution in [2.75, 3.05) is 10.6 Å². The van der Waals surface area contributed by atoms with Gasteiger partial charge in [-0.05, 0) is 36.4 Å². The highest BCUT2D eigenvalue weighted by molar-refractivity contribution is 6.33. The Bertz CT molecular complexity index is 706. The molecule has 0 atom stereocenters. The van der Waals surface area contributed by atoms with Crippen LogP contribution in [0.15, 0.2) is 42.5 Å². The summed E-state index contributed by atoms with van der Waals surface area (Å²) in [5, 5.41) is 13.8. The lowest BCUT2D eigenvalue weighted by Gasteiger charge is -2.09. The van der Waals surface area contributed by atoms with Crippen molar-refractivity contribution in [3.05, 3.63) is 58.9 Å². The van der Waals surface area contributed by atoms with Crippen LogP contribution in [0, 0.1) is 5.82 Å². The van der Waals surface area contributed by atoms with Crippen molar-refractivity contribution >= 4 is 35.0 Å². The number of carbonyl (C=O) groups is 2. The zero-order valence-corrected chi connectivity index (χ0v) is 11.3. The van der Waals surface area contributed by atoms with Gasteiger partial charge in [-0.2, -0.15) is 0 Å².